The van der Waals surface area contributed by atoms with E-state index in [1.54, 1.807) is 24.3 Å². The van der Waals surface area contributed by atoms with Gasteiger partial charge in [-0.3, -0.25) is 4.39 Å². The molecule has 2 aliphatic rings. The normalized spacial score (nSPS) is 27.0. The van der Waals surface area contributed by atoms with Crippen LogP contribution in [0.5, 0.6) is 0 Å². The average Bonchev–Trinajstić information content (AvgIpc) is 2.88. The minimum Gasteiger partial charge on any atom is -0.348 e. The molecule has 0 radical (unpaired) electrons. The maximum atomic E-state index is 14.7. The number of rotatable bonds is 6. The van der Waals surface area contributed by atoms with Crippen LogP contribution < -0.4 is 0 Å². The van der Waals surface area contributed by atoms with Gasteiger partial charge >= 0.3 is 0 Å². The first-order valence-corrected chi connectivity index (χ1v) is 11.3. The Morgan fingerprint density at radius 3 is 1.97 bits per heavy atom. The van der Waals surface area contributed by atoms with Crippen LogP contribution in [0.15, 0.2) is 67.0 Å². The maximum absolute atomic E-state index is 14.7. The summed E-state index contributed by atoms with van der Waals surface area (Å²) >= 11 is 0. The van der Waals surface area contributed by atoms with Crippen LogP contribution in [-0.2, 0) is 9.47 Å². The lowest BCUT2D eigenvalue weighted by Gasteiger charge is -2.28. The van der Waals surface area contributed by atoms with Crippen LogP contribution >= 0.6 is 0 Å². The fourth-order valence-corrected chi connectivity index (χ4v) is 4.38. The summed E-state index contributed by atoms with van der Waals surface area (Å²) in [4.78, 5) is 0. The van der Waals surface area contributed by atoms with Gasteiger partial charge in [-0.15, -0.1) is 6.58 Å². The molecule has 0 amide bonds. The molecule has 4 rings (SSSR count). The van der Waals surface area contributed by atoms with Gasteiger partial charge in [0, 0.05) is 23.0 Å². The highest BCUT2D eigenvalue weighted by molar-refractivity contribution is 5.68. The van der Waals surface area contributed by atoms with Gasteiger partial charge < -0.3 is 9.47 Å². The molecule has 2 fully saturated rings. The van der Waals surface area contributed by atoms with Crippen LogP contribution in [-0.4, -0.2) is 19.9 Å². The largest absolute Gasteiger partial charge is 0.348 e. The van der Waals surface area contributed by atoms with Crippen molar-refractivity contribution in [1.82, 2.24) is 0 Å². The first-order chi connectivity index (χ1) is 15.6. The Morgan fingerprint density at radius 2 is 1.44 bits per heavy atom. The lowest BCUT2D eigenvalue weighted by Crippen LogP contribution is -2.25. The zero-order valence-corrected chi connectivity index (χ0v) is 18.1. The van der Waals surface area contributed by atoms with E-state index in [2.05, 4.69) is 6.58 Å². The standard InChI is InChI=1S/C27H29F3O2/c1-2-18-16-31-27(32-17-18)24-13-9-21(10-14-24)20-7-11-23(12-8-20)26(30)25(29)22-5-3-19(15-28)4-6-22/h2,7-14,18-19,22,27H,1,3-6,15-17H2/b26-25+. The molecule has 0 unspecified atom stereocenters. The second kappa shape index (κ2) is 10.5. The number of ether oxygens (including phenoxy) is 2. The van der Waals surface area contributed by atoms with E-state index in [1.165, 1.54) is 0 Å². The number of alkyl halides is 1. The van der Waals surface area contributed by atoms with E-state index in [0.717, 1.165) is 16.7 Å². The monoisotopic (exact) mass is 442 g/mol. The highest BCUT2D eigenvalue weighted by atomic mass is 19.2. The van der Waals surface area contributed by atoms with E-state index >= 15 is 0 Å². The Kier molecular flexibility index (Phi) is 7.48. The van der Waals surface area contributed by atoms with Gasteiger partial charge in [0.15, 0.2) is 12.1 Å². The second-order valence-corrected chi connectivity index (χ2v) is 8.73. The van der Waals surface area contributed by atoms with Crippen molar-refractivity contribution in [2.45, 2.75) is 32.0 Å². The summed E-state index contributed by atoms with van der Waals surface area (Å²) in [5.74, 6) is -1.75. The summed E-state index contributed by atoms with van der Waals surface area (Å²) in [5.41, 5.74) is 3.05. The lowest BCUT2D eigenvalue weighted by atomic mass is 9.81. The van der Waals surface area contributed by atoms with Crippen LogP contribution in [0.1, 0.15) is 43.1 Å². The molecule has 5 heteroatoms. The zero-order valence-electron chi connectivity index (χ0n) is 18.1. The number of hydrogen-bond acceptors (Lipinski definition) is 2. The Balaban J connectivity index is 1.41. The summed E-state index contributed by atoms with van der Waals surface area (Å²) in [5, 5.41) is 0. The summed E-state index contributed by atoms with van der Waals surface area (Å²) < 4.78 is 53.7. The Bertz CT molecular complexity index is 920. The number of hydrogen-bond donors (Lipinski definition) is 0. The smallest absolute Gasteiger partial charge is 0.183 e. The van der Waals surface area contributed by atoms with Gasteiger partial charge in [0.1, 0.15) is 5.83 Å². The quantitative estimate of drug-likeness (QED) is 0.429. The first kappa shape index (κ1) is 22.8. The fourth-order valence-electron chi connectivity index (χ4n) is 4.38. The second-order valence-electron chi connectivity index (χ2n) is 8.73. The molecular formula is C27H29F3O2. The summed E-state index contributed by atoms with van der Waals surface area (Å²) in [6, 6.07) is 14.6. The fraction of sp³-hybridized carbons (Fsp3) is 0.407. The third-order valence-corrected chi connectivity index (χ3v) is 6.54. The van der Waals surface area contributed by atoms with Gasteiger partial charge in [0.25, 0.3) is 0 Å². The molecule has 0 spiro atoms. The molecule has 1 aliphatic heterocycles. The highest BCUT2D eigenvalue weighted by Gasteiger charge is 2.27. The van der Waals surface area contributed by atoms with Gasteiger partial charge in [0.05, 0.1) is 19.9 Å². The number of halogens is 3. The van der Waals surface area contributed by atoms with Crippen molar-refractivity contribution in [1.29, 1.82) is 0 Å². The predicted molar refractivity (Wildman–Crippen MR) is 121 cm³/mol. The molecular weight excluding hydrogens is 413 g/mol. The van der Waals surface area contributed by atoms with Gasteiger partial charge in [-0.1, -0.05) is 54.6 Å². The molecule has 0 bridgehead atoms. The van der Waals surface area contributed by atoms with E-state index in [-0.39, 0.29) is 30.4 Å². The number of allylic oxidation sites excluding steroid dienone is 1. The summed E-state index contributed by atoms with van der Waals surface area (Å²) in [6.07, 6.45) is 3.68. The van der Waals surface area contributed by atoms with E-state index < -0.39 is 17.6 Å². The highest BCUT2D eigenvalue weighted by Crippen LogP contribution is 2.38. The first-order valence-electron chi connectivity index (χ1n) is 11.3. The van der Waals surface area contributed by atoms with Crippen molar-refractivity contribution in [3.8, 4) is 11.1 Å². The minimum absolute atomic E-state index is 0.00641. The van der Waals surface area contributed by atoms with Crippen molar-refractivity contribution in [3.05, 3.63) is 78.1 Å². The predicted octanol–water partition coefficient (Wildman–Crippen LogP) is 7.58. The molecule has 170 valence electrons. The molecule has 32 heavy (non-hydrogen) atoms. The molecule has 0 N–H and O–H groups in total. The average molecular weight is 443 g/mol. The van der Waals surface area contributed by atoms with Crippen molar-refractivity contribution < 1.29 is 22.6 Å². The summed E-state index contributed by atoms with van der Waals surface area (Å²) in [7, 11) is 0. The van der Waals surface area contributed by atoms with Crippen molar-refractivity contribution in [2.24, 2.45) is 17.8 Å². The van der Waals surface area contributed by atoms with Crippen LogP contribution in [0.25, 0.3) is 17.0 Å². The van der Waals surface area contributed by atoms with Crippen LogP contribution in [0.4, 0.5) is 13.2 Å². The number of benzene rings is 2. The van der Waals surface area contributed by atoms with Gasteiger partial charge in [-0.05, 0) is 42.7 Å². The zero-order chi connectivity index (χ0) is 22.5. The molecule has 1 saturated heterocycles. The lowest BCUT2D eigenvalue weighted by molar-refractivity contribution is -0.197. The Labute approximate surface area is 187 Å². The molecule has 0 aromatic heterocycles. The van der Waals surface area contributed by atoms with Gasteiger partial charge in [-0.25, -0.2) is 8.78 Å². The molecule has 2 aromatic rings. The maximum Gasteiger partial charge on any atom is 0.183 e. The summed E-state index contributed by atoms with van der Waals surface area (Å²) in [6.45, 7) is 4.56. The third-order valence-electron chi connectivity index (χ3n) is 6.54. The van der Waals surface area contributed by atoms with E-state index in [4.69, 9.17) is 9.47 Å². The van der Waals surface area contributed by atoms with Crippen molar-refractivity contribution >= 4 is 5.83 Å². The van der Waals surface area contributed by atoms with Crippen molar-refractivity contribution in [2.75, 3.05) is 19.9 Å². The van der Waals surface area contributed by atoms with Gasteiger partial charge in [0.2, 0.25) is 0 Å². The van der Waals surface area contributed by atoms with Gasteiger partial charge in [-0.2, -0.15) is 0 Å². The minimum atomic E-state index is -0.806. The van der Waals surface area contributed by atoms with E-state index in [0.29, 0.717) is 38.9 Å². The van der Waals surface area contributed by atoms with E-state index in [9.17, 15) is 13.2 Å². The van der Waals surface area contributed by atoms with Crippen LogP contribution in [0.2, 0.25) is 0 Å². The molecule has 2 nitrogen and oxygen atoms in total. The SMILES string of the molecule is C=CC1COC(c2ccc(-c3ccc(/C(F)=C(\F)C4CCC(CF)CC4)cc3)cc2)OC1. The Hall–Kier alpha value is -2.37. The Morgan fingerprint density at radius 1 is 0.875 bits per heavy atom. The van der Waals surface area contributed by atoms with Crippen LogP contribution in [0, 0.1) is 17.8 Å². The topological polar surface area (TPSA) is 18.5 Å². The molecule has 0 atom stereocenters. The molecule has 1 aliphatic carbocycles. The molecule has 2 aromatic carbocycles. The third kappa shape index (κ3) is 5.16. The van der Waals surface area contributed by atoms with E-state index in [1.807, 2.05) is 30.3 Å². The molecule has 1 heterocycles. The molecule has 1 saturated carbocycles. The van der Waals surface area contributed by atoms with Crippen molar-refractivity contribution in [3.63, 3.8) is 0 Å². The van der Waals surface area contributed by atoms with Crippen LogP contribution in [0.3, 0.4) is 0 Å².